The van der Waals surface area contributed by atoms with Gasteiger partial charge in [-0.05, 0) is 74.4 Å². The number of thiophene rings is 1. The highest BCUT2D eigenvalue weighted by molar-refractivity contribution is 7.90. The molecule has 0 unspecified atom stereocenters. The van der Waals surface area contributed by atoms with Crippen molar-refractivity contribution in [3.8, 4) is 0 Å². The van der Waals surface area contributed by atoms with Crippen molar-refractivity contribution in [1.29, 1.82) is 0 Å². The molecule has 0 spiro atoms. The zero-order valence-electron chi connectivity index (χ0n) is 16.9. The second kappa shape index (κ2) is 9.31. The summed E-state index contributed by atoms with van der Waals surface area (Å²) in [6.07, 6.45) is 9.37. The first-order valence-electron chi connectivity index (χ1n) is 10.6. The number of fused-ring (bicyclic) bond motifs is 1. The molecule has 0 atom stereocenters. The minimum absolute atomic E-state index is 0.144. The number of carbonyl (C=O) groups is 1. The fraction of sp³-hybridized carbons (Fsp3) is 0.455. The van der Waals surface area contributed by atoms with Gasteiger partial charge in [-0.15, -0.1) is 11.3 Å². The van der Waals surface area contributed by atoms with E-state index in [-0.39, 0.29) is 10.8 Å². The van der Waals surface area contributed by atoms with E-state index in [1.54, 1.807) is 23.5 Å². The van der Waals surface area contributed by atoms with Crippen molar-refractivity contribution in [2.75, 3.05) is 11.9 Å². The van der Waals surface area contributed by atoms with Gasteiger partial charge in [-0.1, -0.05) is 12.8 Å². The first-order chi connectivity index (χ1) is 14.5. The second-order valence-electron chi connectivity index (χ2n) is 7.84. The van der Waals surface area contributed by atoms with E-state index in [1.807, 2.05) is 6.07 Å². The Morgan fingerprint density at radius 3 is 2.50 bits per heavy atom. The Labute approximate surface area is 181 Å². The van der Waals surface area contributed by atoms with Gasteiger partial charge in [0.25, 0.3) is 15.9 Å². The largest absolute Gasteiger partial charge is 0.321 e. The summed E-state index contributed by atoms with van der Waals surface area (Å²) in [5, 5.41) is 2.88. The summed E-state index contributed by atoms with van der Waals surface area (Å²) in [5.41, 5.74) is 1.88. The van der Waals surface area contributed by atoms with Crippen LogP contribution >= 0.6 is 11.3 Å². The number of carbonyl (C=O) groups excluding carboxylic acids is 1. The van der Waals surface area contributed by atoms with Crippen LogP contribution in [0, 0.1) is 0 Å². The Kier molecular flexibility index (Phi) is 6.53. The zero-order valence-corrected chi connectivity index (χ0v) is 18.6. The maximum atomic E-state index is 12.6. The SMILES string of the molecule is O=C(Nc1ccc(S(=O)(=O)NC2=NCCCCC2)cc1)c1cc2c(s1)CCCCC2. The zero-order chi connectivity index (χ0) is 21.0. The molecule has 2 aliphatic rings. The number of nitrogens with zero attached hydrogens (tertiary/aromatic N) is 1. The van der Waals surface area contributed by atoms with E-state index in [9.17, 15) is 13.2 Å². The third-order valence-corrected chi connectivity index (χ3v) is 8.15. The Morgan fingerprint density at radius 2 is 1.67 bits per heavy atom. The van der Waals surface area contributed by atoms with Crippen molar-refractivity contribution >= 4 is 38.8 Å². The standard InChI is InChI=1S/C22H27N3O3S2/c26-22(20-15-16-7-3-1-4-8-19(16)29-20)24-17-10-12-18(13-11-17)30(27,28)25-21-9-5-2-6-14-23-21/h10-13,15H,1-9,14H2,(H,23,25)(H,24,26). The van der Waals surface area contributed by atoms with Crippen LogP contribution in [0.2, 0.25) is 0 Å². The lowest BCUT2D eigenvalue weighted by atomic mass is 10.1. The molecule has 2 N–H and O–H groups in total. The van der Waals surface area contributed by atoms with Crippen molar-refractivity contribution in [3.63, 3.8) is 0 Å². The van der Waals surface area contributed by atoms with Crippen LogP contribution in [0.3, 0.4) is 0 Å². The molecule has 1 amide bonds. The second-order valence-corrected chi connectivity index (χ2v) is 10.7. The molecule has 30 heavy (non-hydrogen) atoms. The first-order valence-corrected chi connectivity index (χ1v) is 12.9. The van der Waals surface area contributed by atoms with E-state index >= 15 is 0 Å². The Balaban J connectivity index is 1.42. The van der Waals surface area contributed by atoms with Crippen LogP contribution in [-0.2, 0) is 22.9 Å². The van der Waals surface area contributed by atoms with Crippen LogP contribution in [0.5, 0.6) is 0 Å². The first kappa shape index (κ1) is 21.1. The van der Waals surface area contributed by atoms with Gasteiger partial charge in [0.2, 0.25) is 0 Å². The fourth-order valence-electron chi connectivity index (χ4n) is 3.86. The van der Waals surface area contributed by atoms with Crippen molar-refractivity contribution in [2.24, 2.45) is 4.99 Å². The van der Waals surface area contributed by atoms with Crippen molar-refractivity contribution in [2.45, 2.75) is 62.7 Å². The molecule has 2 heterocycles. The maximum Gasteiger partial charge on any atom is 0.265 e. The van der Waals surface area contributed by atoms with Crippen molar-refractivity contribution in [1.82, 2.24) is 4.72 Å². The number of aryl methyl sites for hydroxylation is 2. The summed E-state index contributed by atoms with van der Waals surface area (Å²) in [5.74, 6) is 0.386. The smallest absolute Gasteiger partial charge is 0.265 e. The van der Waals surface area contributed by atoms with Crippen LogP contribution in [0.15, 0.2) is 40.2 Å². The molecule has 0 saturated carbocycles. The van der Waals surface area contributed by atoms with Gasteiger partial charge in [0.15, 0.2) is 0 Å². The number of rotatable bonds is 4. The van der Waals surface area contributed by atoms with Gasteiger partial charge < -0.3 is 5.32 Å². The summed E-state index contributed by atoms with van der Waals surface area (Å²) in [7, 11) is -3.67. The topological polar surface area (TPSA) is 87.6 Å². The molecule has 0 radical (unpaired) electrons. The predicted octanol–water partition coefficient (Wildman–Crippen LogP) is 4.52. The Bertz CT molecular complexity index is 1020. The average Bonchev–Trinajstić information content (AvgIpc) is 2.88. The van der Waals surface area contributed by atoms with E-state index in [0.29, 0.717) is 29.4 Å². The number of hydrogen-bond donors (Lipinski definition) is 2. The van der Waals surface area contributed by atoms with Crippen LogP contribution < -0.4 is 10.0 Å². The number of sulfonamides is 1. The Hall–Kier alpha value is -2.19. The molecule has 1 aliphatic heterocycles. The monoisotopic (exact) mass is 445 g/mol. The highest BCUT2D eigenvalue weighted by Gasteiger charge is 2.19. The van der Waals surface area contributed by atoms with E-state index in [4.69, 9.17) is 0 Å². The van der Waals surface area contributed by atoms with Crippen LogP contribution in [0.4, 0.5) is 5.69 Å². The lowest BCUT2D eigenvalue weighted by Gasteiger charge is -2.10. The van der Waals surface area contributed by atoms with Gasteiger partial charge >= 0.3 is 0 Å². The van der Waals surface area contributed by atoms with Crippen LogP contribution in [0.1, 0.15) is 65.1 Å². The normalized spacial score (nSPS) is 17.3. The summed E-state index contributed by atoms with van der Waals surface area (Å²) in [6, 6.07) is 8.29. The molecular formula is C22H27N3O3S2. The third-order valence-electron chi connectivity index (χ3n) is 5.52. The van der Waals surface area contributed by atoms with E-state index < -0.39 is 10.0 Å². The minimum Gasteiger partial charge on any atom is -0.321 e. The summed E-state index contributed by atoms with van der Waals surface area (Å²) in [6.45, 7) is 0.662. The molecular weight excluding hydrogens is 418 g/mol. The van der Waals surface area contributed by atoms with E-state index in [2.05, 4.69) is 15.0 Å². The number of aliphatic imine (C=N–C) groups is 1. The predicted molar refractivity (Wildman–Crippen MR) is 121 cm³/mol. The van der Waals surface area contributed by atoms with Gasteiger partial charge in [-0.2, -0.15) is 0 Å². The number of anilines is 1. The average molecular weight is 446 g/mol. The molecule has 8 heteroatoms. The minimum atomic E-state index is -3.67. The molecule has 4 rings (SSSR count). The number of amides is 1. The summed E-state index contributed by atoms with van der Waals surface area (Å²) in [4.78, 5) is 19.2. The molecule has 6 nitrogen and oxygen atoms in total. The summed E-state index contributed by atoms with van der Waals surface area (Å²) < 4.78 is 27.9. The van der Waals surface area contributed by atoms with Gasteiger partial charge in [0.1, 0.15) is 5.84 Å². The molecule has 1 aromatic heterocycles. The lowest BCUT2D eigenvalue weighted by molar-refractivity contribution is 0.103. The molecule has 0 saturated heterocycles. The summed E-state index contributed by atoms with van der Waals surface area (Å²) >= 11 is 1.57. The van der Waals surface area contributed by atoms with Crippen molar-refractivity contribution < 1.29 is 13.2 Å². The van der Waals surface area contributed by atoms with Gasteiger partial charge in [-0.3, -0.25) is 14.5 Å². The number of hydrogen-bond acceptors (Lipinski definition) is 5. The number of benzene rings is 1. The third kappa shape index (κ3) is 5.10. The van der Waals surface area contributed by atoms with E-state index in [1.165, 1.54) is 41.8 Å². The fourth-order valence-corrected chi connectivity index (χ4v) is 6.10. The van der Waals surface area contributed by atoms with Crippen molar-refractivity contribution in [3.05, 3.63) is 45.6 Å². The number of nitrogens with one attached hydrogen (secondary N) is 2. The van der Waals surface area contributed by atoms with Gasteiger partial charge in [0, 0.05) is 23.5 Å². The molecule has 160 valence electrons. The molecule has 0 fully saturated rings. The maximum absolute atomic E-state index is 12.6. The van der Waals surface area contributed by atoms with Gasteiger partial charge in [0.05, 0.1) is 9.77 Å². The number of amidine groups is 1. The lowest BCUT2D eigenvalue weighted by Crippen LogP contribution is -2.30. The molecule has 2 aromatic rings. The highest BCUT2D eigenvalue weighted by Crippen LogP contribution is 2.29. The quantitative estimate of drug-likeness (QED) is 0.678. The molecule has 1 aromatic carbocycles. The van der Waals surface area contributed by atoms with Gasteiger partial charge in [-0.25, -0.2) is 8.42 Å². The van der Waals surface area contributed by atoms with Crippen LogP contribution in [-0.4, -0.2) is 26.7 Å². The molecule has 1 aliphatic carbocycles. The molecule has 0 bridgehead atoms. The van der Waals surface area contributed by atoms with Crippen LogP contribution in [0.25, 0.3) is 0 Å². The van der Waals surface area contributed by atoms with E-state index in [0.717, 1.165) is 32.1 Å². The Morgan fingerprint density at radius 1 is 0.933 bits per heavy atom. The highest BCUT2D eigenvalue weighted by atomic mass is 32.2.